The van der Waals surface area contributed by atoms with Gasteiger partial charge in [0.1, 0.15) is 5.69 Å². The van der Waals surface area contributed by atoms with Crippen molar-refractivity contribution in [3.63, 3.8) is 0 Å². The highest BCUT2D eigenvalue weighted by Crippen LogP contribution is 2.23. The van der Waals surface area contributed by atoms with E-state index in [9.17, 15) is 4.79 Å². The first kappa shape index (κ1) is 15.1. The maximum absolute atomic E-state index is 12.1. The first-order valence-corrected chi connectivity index (χ1v) is 7.17. The highest BCUT2D eigenvalue weighted by molar-refractivity contribution is 6.31. The number of halogens is 1. The molecule has 1 amide bonds. The smallest absolute Gasteiger partial charge is 0.246 e. The van der Waals surface area contributed by atoms with Crippen LogP contribution in [0.15, 0.2) is 18.9 Å². The Morgan fingerprint density at radius 1 is 1.70 bits per heavy atom. The zero-order chi connectivity index (χ0) is 14.7. The van der Waals surface area contributed by atoms with E-state index in [2.05, 4.69) is 18.6 Å². The summed E-state index contributed by atoms with van der Waals surface area (Å²) in [7, 11) is 0. The highest BCUT2D eigenvalue weighted by Gasteiger charge is 2.32. The molecular formula is C14H20ClN3O2. The van der Waals surface area contributed by atoms with E-state index in [-0.39, 0.29) is 11.9 Å². The number of hydrogen-bond donors (Lipinski definition) is 0. The van der Waals surface area contributed by atoms with E-state index in [1.165, 1.54) is 6.08 Å². The maximum atomic E-state index is 12.1. The number of aryl methyl sites for hydroxylation is 1. The van der Waals surface area contributed by atoms with Gasteiger partial charge in [0.05, 0.1) is 30.8 Å². The average molecular weight is 298 g/mol. The fourth-order valence-corrected chi connectivity index (χ4v) is 2.60. The van der Waals surface area contributed by atoms with E-state index < -0.39 is 0 Å². The fraction of sp³-hybridized carbons (Fsp3) is 0.571. The molecule has 0 saturated carbocycles. The Balaban J connectivity index is 2.21. The van der Waals surface area contributed by atoms with Crippen molar-refractivity contribution in [2.75, 3.05) is 13.2 Å². The number of hydrogen-bond acceptors (Lipinski definition) is 3. The molecular weight excluding hydrogens is 278 g/mol. The molecule has 2 heterocycles. The van der Waals surface area contributed by atoms with Gasteiger partial charge in [-0.3, -0.25) is 9.48 Å². The van der Waals surface area contributed by atoms with Gasteiger partial charge in [0.25, 0.3) is 0 Å². The standard InChI is InChI=1S/C14H20ClN3O2/c1-4-14(19)18(13-9-20-8-10(13)3)7-12-11(15)6-17(5-2)16-12/h4,6,10,13H,1,5,7-9H2,2-3H3. The third-order valence-electron chi connectivity index (χ3n) is 3.62. The quantitative estimate of drug-likeness (QED) is 0.782. The summed E-state index contributed by atoms with van der Waals surface area (Å²) in [6.07, 6.45) is 3.11. The van der Waals surface area contributed by atoms with E-state index in [0.717, 1.165) is 6.54 Å². The molecule has 1 aliphatic heterocycles. The molecule has 6 heteroatoms. The minimum Gasteiger partial charge on any atom is -0.379 e. The van der Waals surface area contributed by atoms with Crippen molar-refractivity contribution >= 4 is 17.5 Å². The Bertz CT molecular complexity index is 501. The molecule has 2 rings (SSSR count). The lowest BCUT2D eigenvalue weighted by atomic mass is 10.0. The van der Waals surface area contributed by atoms with Gasteiger partial charge in [0.15, 0.2) is 0 Å². The molecule has 1 aromatic rings. The van der Waals surface area contributed by atoms with E-state index in [1.54, 1.807) is 15.8 Å². The van der Waals surface area contributed by atoms with Crippen LogP contribution in [0.25, 0.3) is 0 Å². The van der Waals surface area contributed by atoms with E-state index >= 15 is 0 Å². The van der Waals surface area contributed by atoms with Crippen LogP contribution in [-0.4, -0.2) is 39.8 Å². The van der Waals surface area contributed by atoms with Crippen LogP contribution < -0.4 is 0 Å². The van der Waals surface area contributed by atoms with Gasteiger partial charge in [-0.05, 0) is 13.0 Å². The Hall–Kier alpha value is -1.33. The molecule has 0 aromatic carbocycles. The SMILES string of the molecule is C=CC(=O)N(Cc1nn(CC)cc1Cl)C1COCC1C. The van der Waals surface area contributed by atoms with Crippen molar-refractivity contribution in [3.8, 4) is 0 Å². The first-order valence-electron chi connectivity index (χ1n) is 6.79. The molecule has 0 radical (unpaired) electrons. The van der Waals surface area contributed by atoms with Crippen molar-refractivity contribution in [2.24, 2.45) is 5.92 Å². The van der Waals surface area contributed by atoms with Gasteiger partial charge in [-0.1, -0.05) is 25.1 Å². The van der Waals surface area contributed by atoms with Gasteiger partial charge >= 0.3 is 0 Å². The molecule has 5 nitrogen and oxygen atoms in total. The lowest BCUT2D eigenvalue weighted by Crippen LogP contribution is -2.42. The number of rotatable bonds is 5. The van der Waals surface area contributed by atoms with Crippen molar-refractivity contribution in [1.29, 1.82) is 0 Å². The predicted octanol–water partition coefficient (Wildman–Crippen LogP) is 2.11. The molecule has 0 N–H and O–H groups in total. The summed E-state index contributed by atoms with van der Waals surface area (Å²) in [6.45, 7) is 9.99. The number of carbonyl (C=O) groups is 1. The Labute approximate surface area is 124 Å². The summed E-state index contributed by atoms with van der Waals surface area (Å²) in [4.78, 5) is 13.9. The van der Waals surface area contributed by atoms with Gasteiger partial charge in [-0.2, -0.15) is 5.10 Å². The molecule has 0 spiro atoms. The fourth-order valence-electron chi connectivity index (χ4n) is 2.39. The van der Waals surface area contributed by atoms with Gasteiger partial charge in [-0.25, -0.2) is 0 Å². The molecule has 110 valence electrons. The summed E-state index contributed by atoms with van der Waals surface area (Å²) in [6, 6.07) is 0.0448. The van der Waals surface area contributed by atoms with Crippen molar-refractivity contribution < 1.29 is 9.53 Å². The molecule has 1 saturated heterocycles. The molecule has 1 fully saturated rings. The van der Waals surface area contributed by atoms with Crippen molar-refractivity contribution in [1.82, 2.24) is 14.7 Å². The van der Waals surface area contributed by atoms with Crippen LogP contribution >= 0.6 is 11.6 Å². The molecule has 1 aromatic heterocycles. The molecule has 0 aliphatic carbocycles. The van der Waals surface area contributed by atoms with Crippen molar-refractivity contribution in [2.45, 2.75) is 33.0 Å². The minimum atomic E-state index is -0.116. The van der Waals surface area contributed by atoms with Crippen LogP contribution in [0.2, 0.25) is 5.02 Å². The minimum absolute atomic E-state index is 0.0448. The second-order valence-corrected chi connectivity index (χ2v) is 5.44. The summed E-state index contributed by atoms with van der Waals surface area (Å²) >= 11 is 6.18. The highest BCUT2D eigenvalue weighted by atomic mass is 35.5. The van der Waals surface area contributed by atoms with Crippen LogP contribution in [0.1, 0.15) is 19.5 Å². The summed E-state index contributed by atoms with van der Waals surface area (Å²) < 4.78 is 7.22. The van der Waals surface area contributed by atoms with Gasteiger partial charge in [0.2, 0.25) is 5.91 Å². The Morgan fingerprint density at radius 2 is 2.45 bits per heavy atom. The second-order valence-electron chi connectivity index (χ2n) is 5.03. The second kappa shape index (κ2) is 6.41. The molecule has 2 atom stereocenters. The summed E-state index contributed by atoms with van der Waals surface area (Å²) in [5.74, 6) is 0.181. The number of carbonyl (C=O) groups excluding carboxylic acids is 1. The zero-order valence-electron chi connectivity index (χ0n) is 11.9. The number of amides is 1. The summed E-state index contributed by atoms with van der Waals surface area (Å²) in [5.41, 5.74) is 0.711. The Kier molecular flexibility index (Phi) is 4.83. The largest absolute Gasteiger partial charge is 0.379 e. The van der Waals surface area contributed by atoms with Gasteiger partial charge in [-0.15, -0.1) is 0 Å². The van der Waals surface area contributed by atoms with E-state index in [4.69, 9.17) is 16.3 Å². The van der Waals surface area contributed by atoms with Crippen LogP contribution in [0.3, 0.4) is 0 Å². The molecule has 0 bridgehead atoms. The predicted molar refractivity (Wildman–Crippen MR) is 77.4 cm³/mol. The molecule has 1 aliphatic rings. The van der Waals surface area contributed by atoms with Gasteiger partial charge in [0, 0.05) is 18.7 Å². The average Bonchev–Trinajstić information content (AvgIpc) is 3.01. The third-order valence-corrected chi connectivity index (χ3v) is 3.93. The van der Waals surface area contributed by atoms with Crippen LogP contribution in [0.4, 0.5) is 0 Å². The number of aromatic nitrogens is 2. The monoisotopic (exact) mass is 297 g/mol. The Morgan fingerprint density at radius 3 is 2.95 bits per heavy atom. The zero-order valence-corrected chi connectivity index (χ0v) is 12.6. The third kappa shape index (κ3) is 3.04. The van der Waals surface area contributed by atoms with E-state index in [0.29, 0.717) is 36.4 Å². The topological polar surface area (TPSA) is 47.4 Å². The lowest BCUT2D eigenvalue weighted by molar-refractivity contribution is -0.129. The maximum Gasteiger partial charge on any atom is 0.246 e. The van der Waals surface area contributed by atoms with Crippen LogP contribution in [0, 0.1) is 5.92 Å². The van der Waals surface area contributed by atoms with Gasteiger partial charge < -0.3 is 9.64 Å². The van der Waals surface area contributed by atoms with Crippen molar-refractivity contribution in [3.05, 3.63) is 29.6 Å². The lowest BCUT2D eigenvalue weighted by Gasteiger charge is -2.29. The normalized spacial score (nSPS) is 21.9. The number of ether oxygens (including phenoxy) is 1. The first-order chi connectivity index (χ1) is 9.56. The van der Waals surface area contributed by atoms with E-state index in [1.807, 2.05) is 6.92 Å². The number of nitrogens with zero attached hydrogens (tertiary/aromatic N) is 3. The molecule has 2 unspecified atom stereocenters. The van der Waals surface area contributed by atoms with Crippen LogP contribution in [-0.2, 0) is 22.6 Å². The molecule has 20 heavy (non-hydrogen) atoms. The summed E-state index contributed by atoms with van der Waals surface area (Å²) in [5, 5.41) is 4.98. The van der Waals surface area contributed by atoms with Crippen LogP contribution in [0.5, 0.6) is 0 Å².